The highest BCUT2D eigenvalue weighted by atomic mass is 32.2. The zero-order valence-corrected chi connectivity index (χ0v) is 18.6. The molecule has 2 aromatic rings. The van der Waals surface area contributed by atoms with Gasteiger partial charge in [0.25, 0.3) is 0 Å². The van der Waals surface area contributed by atoms with Crippen molar-refractivity contribution in [1.29, 1.82) is 0 Å². The molecule has 2 amide bonds. The van der Waals surface area contributed by atoms with Crippen LogP contribution in [0, 0.1) is 5.92 Å². The highest BCUT2D eigenvalue weighted by molar-refractivity contribution is 7.99. The van der Waals surface area contributed by atoms with Crippen LogP contribution in [0.2, 0.25) is 0 Å². The van der Waals surface area contributed by atoms with Crippen molar-refractivity contribution >= 4 is 23.6 Å². The minimum atomic E-state index is -0.0537. The Morgan fingerprint density at radius 3 is 2.63 bits per heavy atom. The second-order valence-corrected chi connectivity index (χ2v) is 8.75. The van der Waals surface area contributed by atoms with Crippen molar-refractivity contribution in [1.82, 2.24) is 25.4 Å². The number of amides is 2. The fourth-order valence-corrected chi connectivity index (χ4v) is 4.64. The number of aromatic nitrogens is 3. The molecule has 0 unspecified atom stereocenters. The summed E-state index contributed by atoms with van der Waals surface area (Å²) < 4.78 is 1.95. The van der Waals surface area contributed by atoms with Crippen LogP contribution in [0.5, 0.6) is 0 Å². The number of benzene rings is 1. The van der Waals surface area contributed by atoms with E-state index in [4.69, 9.17) is 0 Å². The van der Waals surface area contributed by atoms with Crippen LogP contribution >= 0.6 is 11.8 Å². The third-order valence-electron chi connectivity index (χ3n) is 5.55. The lowest BCUT2D eigenvalue weighted by molar-refractivity contribution is -0.121. The van der Waals surface area contributed by atoms with E-state index in [-0.39, 0.29) is 17.9 Å². The van der Waals surface area contributed by atoms with Crippen molar-refractivity contribution in [3.63, 3.8) is 0 Å². The first-order valence-electron chi connectivity index (χ1n) is 10.7. The maximum atomic E-state index is 12.4. The standard InChI is InChI=1S/C22H31N5O2S/c1-3-27-19(14-23-20(28)13-17-10-5-4-6-11-17)25-26-22(27)30-15-21(29)24-18-12-8-7-9-16(18)2/h4-6,10-11,16,18H,3,7-9,12-15H2,1-2H3,(H,23,28)(H,24,29)/t16-,18+/m0/s1. The van der Waals surface area contributed by atoms with Gasteiger partial charge in [-0.15, -0.1) is 10.2 Å². The third kappa shape index (κ3) is 6.32. The Labute approximate surface area is 182 Å². The van der Waals surface area contributed by atoms with Crippen molar-refractivity contribution in [2.75, 3.05) is 5.75 Å². The number of nitrogens with one attached hydrogen (secondary N) is 2. The summed E-state index contributed by atoms with van der Waals surface area (Å²) in [7, 11) is 0. The highest BCUT2D eigenvalue weighted by Crippen LogP contribution is 2.24. The number of carbonyl (C=O) groups excluding carboxylic acids is 2. The number of nitrogens with zero attached hydrogens (tertiary/aromatic N) is 3. The summed E-state index contributed by atoms with van der Waals surface area (Å²) in [6, 6.07) is 9.92. The molecule has 1 aliphatic carbocycles. The molecule has 2 N–H and O–H groups in total. The van der Waals surface area contributed by atoms with Crippen LogP contribution in [0.4, 0.5) is 0 Å². The average Bonchev–Trinajstić information content (AvgIpc) is 3.15. The van der Waals surface area contributed by atoms with Gasteiger partial charge in [0.1, 0.15) is 0 Å². The normalized spacial score (nSPS) is 18.7. The molecule has 0 bridgehead atoms. The maximum Gasteiger partial charge on any atom is 0.230 e. The van der Waals surface area contributed by atoms with E-state index in [0.717, 1.165) is 12.0 Å². The highest BCUT2D eigenvalue weighted by Gasteiger charge is 2.23. The summed E-state index contributed by atoms with van der Waals surface area (Å²) in [6.07, 6.45) is 5.03. The van der Waals surface area contributed by atoms with E-state index < -0.39 is 0 Å². The molecule has 0 radical (unpaired) electrons. The van der Waals surface area contributed by atoms with Crippen LogP contribution in [0.3, 0.4) is 0 Å². The van der Waals surface area contributed by atoms with Crippen LogP contribution in [0.15, 0.2) is 35.5 Å². The molecule has 162 valence electrons. The van der Waals surface area contributed by atoms with Crippen molar-refractivity contribution in [2.45, 2.75) is 70.2 Å². The molecule has 1 aromatic carbocycles. The van der Waals surface area contributed by atoms with E-state index in [9.17, 15) is 9.59 Å². The predicted octanol–water partition coefficient (Wildman–Crippen LogP) is 2.94. The molecule has 1 fully saturated rings. The zero-order chi connectivity index (χ0) is 21.3. The number of rotatable bonds is 9. The van der Waals surface area contributed by atoms with E-state index in [1.165, 1.54) is 31.0 Å². The van der Waals surface area contributed by atoms with Gasteiger partial charge < -0.3 is 15.2 Å². The molecular formula is C22H31N5O2S. The second kappa shape index (κ2) is 11.2. The lowest BCUT2D eigenvalue weighted by Crippen LogP contribution is -2.41. The third-order valence-corrected chi connectivity index (χ3v) is 6.52. The van der Waals surface area contributed by atoms with Gasteiger partial charge in [-0.1, -0.05) is 61.9 Å². The largest absolute Gasteiger partial charge is 0.352 e. The maximum absolute atomic E-state index is 12.4. The van der Waals surface area contributed by atoms with E-state index >= 15 is 0 Å². The molecule has 7 nitrogen and oxygen atoms in total. The Balaban J connectivity index is 1.48. The first kappa shape index (κ1) is 22.3. The first-order chi connectivity index (χ1) is 14.6. The SMILES string of the molecule is CCn1c(CNC(=O)Cc2ccccc2)nnc1SCC(=O)N[C@@H]1CCCC[C@@H]1C. The van der Waals surface area contributed by atoms with Gasteiger partial charge in [0, 0.05) is 12.6 Å². The van der Waals surface area contributed by atoms with E-state index in [2.05, 4.69) is 27.8 Å². The predicted molar refractivity (Wildman–Crippen MR) is 118 cm³/mol. The van der Waals surface area contributed by atoms with Crippen molar-refractivity contribution in [3.05, 3.63) is 41.7 Å². The minimum Gasteiger partial charge on any atom is -0.352 e. The van der Waals surface area contributed by atoms with E-state index in [1.54, 1.807) is 0 Å². The summed E-state index contributed by atoms with van der Waals surface area (Å²) in [4.78, 5) is 24.6. The van der Waals surface area contributed by atoms with Crippen LogP contribution in [0.1, 0.15) is 50.9 Å². The summed E-state index contributed by atoms with van der Waals surface area (Å²) in [6.45, 7) is 5.22. The van der Waals surface area contributed by atoms with E-state index in [1.807, 2.05) is 41.8 Å². The molecular weight excluding hydrogens is 398 g/mol. The van der Waals surface area contributed by atoms with Gasteiger partial charge in [-0.3, -0.25) is 9.59 Å². The molecule has 0 saturated heterocycles. The molecule has 0 spiro atoms. The lowest BCUT2D eigenvalue weighted by Gasteiger charge is -2.29. The second-order valence-electron chi connectivity index (χ2n) is 7.81. The van der Waals surface area contributed by atoms with Crippen LogP contribution in [-0.2, 0) is 29.1 Å². The van der Waals surface area contributed by atoms with Crippen LogP contribution in [-0.4, -0.2) is 38.4 Å². The summed E-state index contributed by atoms with van der Waals surface area (Å²) in [5.41, 5.74) is 0.974. The van der Waals surface area contributed by atoms with E-state index in [0.29, 0.717) is 42.2 Å². The number of hydrogen-bond donors (Lipinski definition) is 2. The molecule has 1 heterocycles. The Kier molecular flexibility index (Phi) is 8.30. The Hall–Kier alpha value is -2.35. The van der Waals surface area contributed by atoms with Gasteiger partial charge in [0.05, 0.1) is 18.7 Å². The summed E-state index contributed by atoms with van der Waals surface area (Å²) >= 11 is 1.39. The summed E-state index contributed by atoms with van der Waals surface area (Å²) in [5, 5.41) is 15.2. The molecule has 2 atom stereocenters. The Morgan fingerprint density at radius 1 is 1.13 bits per heavy atom. The molecule has 0 aliphatic heterocycles. The topological polar surface area (TPSA) is 88.9 Å². The Morgan fingerprint density at radius 2 is 1.90 bits per heavy atom. The molecule has 3 rings (SSSR count). The van der Waals surface area contributed by atoms with Gasteiger partial charge in [-0.25, -0.2) is 0 Å². The average molecular weight is 430 g/mol. The van der Waals surface area contributed by atoms with Gasteiger partial charge >= 0.3 is 0 Å². The van der Waals surface area contributed by atoms with Crippen molar-refractivity contribution in [2.24, 2.45) is 5.92 Å². The van der Waals surface area contributed by atoms with Gasteiger partial charge in [-0.05, 0) is 31.2 Å². The molecule has 8 heteroatoms. The zero-order valence-electron chi connectivity index (χ0n) is 17.8. The summed E-state index contributed by atoms with van der Waals surface area (Å²) in [5.74, 6) is 1.55. The lowest BCUT2D eigenvalue weighted by atomic mass is 9.86. The van der Waals surface area contributed by atoms with Crippen LogP contribution < -0.4 is 10.6 Å². The Bertz CT molecular complexity index is 839. The fourth-order valence-electron chi connectivity index (χ4n) is 3.80. The quantitative estimate of drug-likeness (QED) is 0.598. The van der Waals surface area contributed by atoms with Crippen LogP contribution in [0.25, 0.3) is 0 Å². The smallest absolute Gasteiger partial charge is 0.230 e. The van der Waals surface area contributed by atoms with Gasteiger partial charge in [-0.2, -0.15) is 0 Å². The van der Waals surface area contributed by atoms with Gasteiger partial charge in [0.2, 0.25) is 11.8 Å². The van der Waals surface area contributed by atoms with Crippen molar-refractivity contribution < 1.29 is 9.59 Å². The number of thioether (sulfide) groups is 1. The molecule has 1 aromatic heterocycles. The van der Waals surface area contributed by atoms with Crippen molar-refractivity contribution in [3.8, 4) is 0 Å². The fraction of sp³-hybridized carbons (Fsp3) is 0.545. The first-order valence-corrected chi connectivity index (χ1v) is 11.7. The number of hydrogen-bond acceptors (Lipinski definition) is 5. The minimum absolute atomic E-state index is 0.0436. The molecule has 1 aliphatic rings. The van der Waals surface area contributed by atoms with Gasteiger partial charge in [0.15, 0.2) is 11.0 Å². The molecule has 1 saturated carbocycles. The molecule has 30 heavy (non-hydrogen) atoms. The monoisotopic (exact) mass is 429 g/mol. The number of carbonyl (C=O) groups is 2.